The number of hydrogen-bond acceptors (Lipinski definition) is 5. The van der Waals surface area contributed by atoms with E-state index in [0.29, 0.717) is 41.5 Å². The molecule has 0 aliphatic carbocycles. The average molecular weight is 472 g/mol. The second-order valence-electron chi connectivity index (χ2n) is 8.42. The fourth-order valence-corrected chi connectivity index (χ4v) is 4.33. The van der Waals surface area contributed by atoms with Crippen molar-refractivity contribution in [3.8, 4) is 11.5 Å². The maximum Gasteiger partial charge on any atom is 0.300 e. The Kier molecular flexibility index (Phi) is 6.92. The first kappa shape index (κ1) is 24.1. The summed E-state index contributed by atoms with van der Waals surface area (Å²) in [4.78, 5) is 28.1. The molecule has 35 heavy (non-hydrogen) atoms. The minimum absolute atomic E-state index is 0.0572. The van der Waals surface area contributed by atoms with Crippen LogP contribution in [0.2, 0.25) is 0 Å². The number of aliphatic hydroxyl groups excluding tert-OH is 1. The fourth-order valence-electron chi connectivity index (χ4n) is 4.33. The molecule has 1 fully saturated rings. The highest BCUT2D eigenvalue weighted by Crippen LogP contribution is 2.43. The number of nitrogens with zero attached hydrogens (tertiary/aromatic N) is 1. The van der Waals surface area contributed by atoms with Crippen LogP contribution in [0.15, 0.2) is 72.3 Å². The minimum atomic E-state index is -0.802. The number of ketones is 1. The molecule has 0 spiro atoms. The average Bonchev–Trinajstić information content (AvgIpc) is 3.12. The van der Waals surface area contributed by atoms with Crippen LogP contribution in [-0.4, -0.2) is 30.0 Å². The Hall–Kier alpha value is -4.06. The number of rotatable bonds is 7. The van der Waals surface area contributed by atoms with Gasteiger partial charge in [0.25, 0.3) is 11.7 Å². The van der Waals surface area contributed by atoms with Crippen LogP contribution in [0.3, 0.4) is 0 Å². The second kappa shape index (κ2) is 10.1. The third kappa shape index (κ3) is 4.64. The van der Waals surface area contributed by atoms with Crippen LogP contribution in [0.4, 0.5) is 5.69 Å². The summed E-state index contributed by atoms with van der Waals surface area (Å²) in [6, 6.07) is 19.1. The van der Waals surface area contributed by atoms with Crippen molar-refractivity contribution < 1.29 is 24.2 Å². The molecule has 1 aliphatic heterocycles. The van der Waals surface area contributed by atoms with Gasteiger partial charge >= 0.3 is 0 Å². The van der Waals surface area contributed by atoms with Gasteiger partial charge in [-0.3, -0.25) is 14.5 Å². The molecule has 0 aromatic heterocycles. The van der Waals surface area contributed by atoms with Gasteiger partial charge < -0.3 is 14.6 Å². The Bertz CT molecular complexity index is 1280. The summed E-state index contributed by atoms with van der Waals surface area (Å²) in [7, 11) is 0. The van der Waals surface area contributed by atoms with Crippen molar-refractivity contribution in [2.75, 3.05) is 18.1 Å². The van der Waals surface area contributed by atoms with Gasteiger partial charge in [0.2, 0.25) is 0 Å². The smallest absolute Gasteiger partial charge is 0.300 e. The van der Waals surface area contributed by atoms with Crippen LogP contribution in [0.1, 0.15) is 42.1 Å². The topological polar surface area (TPSA) is 76.1 Å². The quantitative estimate of drug-likeness (QED) is 0.271. The van der Waals surface area contributed by atoms with Gasteiger partial charge in [0.1, 0.15) is 17.3 Å². The lowest BCUT2D eigenvalue weighted by molar-refractivity contribution is -0.132. The van der Waals surface area contributed by atoms with Crippen LogP contribution in [0.25, 0.3) is 5.76 Å². The van der Waals surface area contributed by atoms with E-state index in [1.54, 1.807) is 36.4 Å². The lowest BCUT2D eigenvalue weighted by atomic mass is 9.93. The standard InChI is InChI=1S/C29H29NO5/c1-5-34-22-13-9-20(10-14-22)26-25(27(31)24-17-18(3)7-8-19(24)4)28(32)29(33)30(26)21-11-15-23(16-12-21)35-6-2/h7-17,26,31H,5-6H2,1-4H3/b27-25+. The summed E-state index contributed by atoms with van der Waals surface area (Å²) in [6.07, 6.45) is 0. The van der Waals surface area contributed by atoms with E-state index in [2.05, 4.69) is 0 Å². The summed E-state index contributed by atoms with van der Waals surface area (Å²) in [5, 5.41) is 11.4. The predicted molar refractivity (Wildman–Crippen MR) is 136 cm³/mol. The lowest BCUT2D eigenvalue weighted by Crippen LogP contribution is -2.29. The fraction of sp³-hybridized carbons (Fsp3) is 0.241. The number of Topliss-reactive ketones (excluding diaryl/α,β-unsaturated/α-hetero) is 1. The van der Waals surface area contributed by atoms with Crippen LogP contribution in [0, 0.1) is 13.8 Å². The van der Waals surface area contributed by atoms with Crippen LogP contribution < -0.4 is 14.4 Å². The first-order valence-corrected chi connectivity index (χ1v) is 11.7. The van der Waals surface area contributed by atoms with E-state index >= 15 is 0 Å². The van der Waals surface area contributed by atoms with E-state index < -0.39 is 17.7 Å². The molecule has 1 N–H and O–H groups in total. The summed E-state index contributed by atoms with van der Waals surface area (Å²) in [6.45, 7) is 8.62. The summed E-state index contributed by atoms with van der Waals surface area (Å²) in [5.41, 5.74) is 3.57. The SMILES string of the molecule is CCOc1ccc(C2/C(=C(\O)c3cc(C)ccc3C)C(=O)C(=O)N2c2ccc(OCC)cc2)cc1. The van der Waals surface area contributed by atoms with Crippen molar-refractivity contribution in [3.63, 3.8) is 0 Å². The van der Waals surface area contributed by atoms with Crippen molar-refractivity contribution >= 4 is 23.1 Å². The van der Waals surface area contributed by atoms with Gasteiger partial charge in [0, 0.05) is 11.3 Å². The molecule has 0 radical (unpaired) electrons. The molecule has 1 saturated heterocycles. The molecule has 1 amide bonds. The zero-order valence-electron chi connectivity index (χ0n) is 20.4. The van der Waals surface area contributed by atoms with Crippen LogP contribution in [0.5, 0.6) is 11.5 Å². The zero-order chi connectivity index (χ0) is 25.1. The number of aryl methyl sites for hydroxylation is 2. The van der Waals surface area contributed by atoms with Gasteiger partial charge in [0.05, 0.1) is 24.8 Å². The van der Waals surface area contributed by atoms with Gasteiger partial charge in [-0.15, -0.1) is 0 Å². The maximum absolute atomic E-state index is 13.4. The Morgan fingerprint density at radius 1 is 0.857 bits per heavy atom. The van der Waals surface area contributed by atoms with Crippen LogP contribution >= 0.6 is 0 Å². The van der Waals surface area contributed by atoms with Crippen LogP contribution in [-0.2, 0) is 9.59 Å². The maximum atomic E-state index is 13.4. The molecule has 3 aromatic carbocycles. The van der Waals surface area contributed by atoms with Crippen molar-refractivity contribution in [3.05, 3.63) is 94.6 Å². The first-order valence-electron chi connectivity index (χ1n) is 11.7. The van der Waals surface area contributed by atoms with E-state index in [-0.39, 0.29) is 11.3 Å². The second-order valence-corrected chi connectivity index (χ2v) is 8.42. The molecule has 1 heterocycles. The molecular formula is C29H29NO5. The zero-order valence-corrected chi connectivity index (χ0v) is 20.4. The number of ether oxygens (including phenoxy) is 2. The van der Waals surface area contributed by atoms with E-state index in [1.165, 1.54) is 4.90 Å². The molecule has 6 nitrogen and oxygen atoms in total. The molecule has 0 bridgehead atoms. The third-order valence-corrected chi connectivity index (χ3v) is 6.03. The Morgan fingerprint density at radius 2 is 1.43 bits per heavy atom. The number of carbonyl (C=O) groups is 2. The molecule has 180 valence electrons. The number of aliphatic hydroxyl groups is 1. The lowest BCUT2D eigenvalue weighted by Gasteiger charge is -2.26. The molecule has 0 saturated carbocycles. The highest BCUT2D eigenvalue weighted by atomic mass is 16.5. The monoisotopic (exact) mass is 471 g/mol. The largest absolute Gasteiger partial charge is 0.507 e. The summed E-state index contributed by atoms with van der Waals surface area (Å²) in [5.74, 6) is -0.252. The van der Waals surface area contributed by atoms with E-state index in [1.807, 2.05) is 58.0 Å². The van der Waals surface area contributed by atoms with E-state index in [4.69, 9.17) is 9.47 Å². The van der Waals surface area contributed by atoms with Gasteiger partial charge in [-0.2, -0.15) is 0 Å². The molecule has 4 rings (SSSR count). The molecule has 1 aliphatic rings. The third-order valence-electron chi connectivity index (χ3n) is 6.03. The van der Waals surface area contributed by atoms with E-state index in [0.717, 1.165) is 11.1 Å². The van der Waals surface area contributed by atoms with Gasteiger partial charge in [0.15, 0.2) is 0 Å². The highest BCUT2D eigenvalue weighted by Gasteiger charge is 2.47. The van der Waals surface area contributed by atoms with Gasteiger partial charge in [-0.25, -0.2) is 0 Å². The molecular weight excluding hydrogens is 442 g/mol. The first-order chi connectivity index (χ1) is 16.8. The summed E-state index contributed by atoms with van der Waals surface area (Å²) < 4.78 is 11.1. The number of anilines is 1. The Morgan fingerprint density at radius 3 is 2.00 bits per heavy atom. The number of benzene rings is 3. The number of amides is 1. The highest BCUT2D eigenvalue weighted by molar-refractivity contribution is 6.51. The van der Waals surface area contributed by atoms with Crippen molar-refractivity contribution in [1.82, 2.24) is 0 Å². The number of hydrogen-bond donors (Lipinski definition) is 1. The molecule has 3 aromatic rings. The van der Waals surface area contributed by atoms with Gasteiger partial charge in [-0.1, -0.05) is 29.8 Å². The molecule has 6 heteroatoms. The Labute approximate surface area is 205 Å². The predicted octanol–water partition coefficient (Wildman–Crippen LogP) is 5.73. The van der Waals surface area contributed by atoms with Crippen molar-refractivity contribution in [2.45, 2.75) is 33.7 Å². The van der Waals surface area contributed by atoms with Crippen molar-refractivity contribution in [2.24, 2.45) is 0 Å². The molecule has 1 atom stereocenters. The van der Waals surface area contributed by atoms with E-state index in [9.17, 15) is 14.7 Å². The van der Waals surface area contributed by atoms with Gasteiger partial charge in [-0.05, 0) is 81.3 Å². The van der Waals surface area contributed by atoms with Crippen molar-refractivity contribution in [1.29, 1.82) is 0 Å². The minimum Gasteiger partial charge on any atom is -0.507 e. The molecule has 1 unspecified atom stereocenters. The normalized spacial score (nSPS) is 17.0. The number of carbonyl (C=O) groups excluding carboxylic acids is 2. The summed E-state index contributed by atoms with van der Waals surface area (Å²) >= 11 is 0. The Balaban J connectivity index is 1.90.